The van der Waals surface area contributed by atoms with Crippen molar-refractivity contribution in [1.29, 1.82) is 0 Å². The molecule has 2 heterocycles. The fraction of sp³-hybridized carbons (Fsp3) is 0.702. The smallest absolute Gasteiger partial charge is 0.384 e. The maximum absolute atomic E-state index is 13.9. The minimum atomic E-state index is -0.658. The number of nitrogens with zero attached hydrogens (tertiary/aromatic N) is 3. The predicted molar refractivity (Wildman–Crippen MR) is 239 cm³/mol. The lowest BCUT2D eigenvalue weighted by Crippen LogP contribution is -2.42. The number of rotatable bonds is 32. The van der Waals surface area contributed by atoms with Gasteiger partial charge < -0.3 is 52.4 Å². The Bertz CT molecular complexity index is 1920. The van der Waals surface area contributed by atoms with E-state index in [0.717, 1.165) is 56.9 Å². The van der Waals surface area contributed by atoms with Gasteiger partial charge in [-0.15, -0.1) is 0 Å². The van der Waals surface area contributed by atoms with Crippen LogP contribution in [0.5, 0.6) is 0 Å². The van der Waals surface area contributed by atoms with Gasteiger partial charge in [-0.1, -0.05) is 56.6 Å². The highest BCUT2D eigenvalue weighted by Crippen LogP contribution is 2.27. The first-order valence-corrected chi connectivity index (χ1v) is 23.2. The molecule has 1 N–H and O–H groups in total. The van der Waals surface area contributed by atoms with Crippen LogP contribution in [0.25, 0.3) is 22.6 Å². The number of aromatic nitrogens is 4. The Labute approximate surface area is 376 Å². The van der Waals surface area contributed by atoms with Gasteiger partial charge in [0.2, 0.25) is 0 Å². The average Bonchev–Trinajstić information content (AvgIpc) is 3.77. The number of methoxy groups -OCH3 is 1. The summed E-state index contributed by atoms with van der Waals surface area (Å²) in [6, 6.07) is 7.22. The number of hydrogen-bond donors (Lipinski definition) is 1. The van der Waals surface area contributed by atoms with Gasteiger partial charge in [0.25, 0.3) is 5.56 Å². The summed E-state index contributed by atoms with van der Waals surface area (Å²) in [5.41, 5.74) is 1.56. The number of H-pyrrole nitrogens is 1. The Morgan fingerprint density at radius 3 is 1.47 bits per heavy atom. The molecule has 64 heavy (non-hydrogen) atoms. The van der Waals surface area contributed by atoms with Crippen molar-refractivity contribution in [3.05, 3.63) is 50.7 Å². The molecule has 2 aliphatic rings. The van der Waals surface area contributed by atoms with Crippen molar-refractivity contribution < 1.29 is 52.2 Å². The summed E-state index contributed by atoms with van der Waals surface area (Å²) in [7, 11) is 1.64. The van der Waals surface area contributed by atoms with E-state index in [-0.39, 0.29) is 24.5 Å². The number of aromatic amines is 1. The normalized spacial score (nSPS) is 14.8. The van der Waals surface area contributed by atoms with Crippen LogP contribution in [0.15, 0.2) is 33.9 Å². The number of imidazole rings is 1. The van der Waals surface area contributed by atoms with E-state index in [2.05, 4.69) is 16.8 Å². The Hall–Kier alpha value is -3.96. The number of benzene rings is 1. The first-order valence-electron chi connectivity index (χ1n) is 23.2. The van der Waals surface area contributed by atoms with Gasteiger partial charge in [0.1, 0.15) is 17.9 Å². The molecule has 3 aromatic rings. The molecule has 0 amide bonds. The third-order valence-electron chi connectivity index (χ3n) is 11.2. The van der Waals surface area contributed by atoms with Crippen LogP contribution < -0.4 is 11.2 Å². The largest absolute Gasteiger partial charge is 0.454 e. The summed E-state index contributed by atoms with van der Waals surface area (Å²) in [5.74, 6) is 5.91. The maximum Gasteiger partial charge on any atom is 0.384 e. The Morgan fingerprint density at radius 2 is 1.02 bits per heavy atom. The third kappa shape index (κ3) is 18.9. The summed E-state index contributed by atoms with van der Waals surface area (Å²) in [4.78, 5) is 48.0. The molecule has 17 nitrogen and oxygen atoms in total. The van der Waals surface area contributed by atoms with E-state index in [1.807, 2.05) is 12.1 Å². The molecule has 2 fully saturated rings. The lowest BCUT2D eigenvalue weighted by molar-refractivity contribution is -0.138. The molecule has 2 aromatic heterocycles. The van der Waals surface area contributed by atoms with Crippen LogP contribution in [0.1, 0.15) is 69.8 Å². The van der Waals surface area contributed by atoms with Gasteiger partial charge in [-0.3, -0.25) is 13.9 Å². The van der Waals surface area contributed by atoms with E-state index in [1.165, 1.54) is 17.4 Å². The highest BCUT2D eigenvalue weighted by molar-refractivity contribution is 5.89. The molecule has 356 valence electrons. The molecule has 0 radical (unpaired) electrons. The quantitative estimate of drug-likeness (QED) is 0.0530. The molecule has 0 bridgehead atoms. The number of hydrogen-bond acceptors (Lipinski definition) is 14. The first kappa shape index (κ1) is 51.0. The van der Waals surface area contributed by atoms with E-state index >= 15 is 0 Å². The number of carbonyl (C=O) groups excluding carboxylic acids is 1. The lowest BCUT2D eigenvalue weighted by Gasteiger charge is -2.24. The highest BCUT2D eigenvalue weighted by atomic mass is 16.6. The number of esters is 1. The van der Waals surface area contributed by atoms with E-state index in [1.54, 1.807) is 23.8 Å². The zero-order chi connectivity index (χ0) is 44.9. The fourth-order valence-electron chi connectivity index (χ4n) is 7.73. The average molecular weight is 899 g/mol. The molecule has 2 saturated carbocycles. The SMILES string of the molecule is COCCOCCOCCOCCOCCOCCOCCOCCOCCOC(=O)C#Cc1ccc(-c2nc3c([nH]2)c(=O)n(CC2CCCCC2)c(=O)n3CC2CCCCC2)cc1. The monoisotopic (exact) mass is 898 g/mol. The molecular weight excluding hydrogens is 829 g/mol. The summed E-state index contributed by atoms with van der Waals surface area (Å²) in [6.45, 7) is 9.00. The molecule has 0 atom stereocenters. The van der Waals surface area contributed by atoms with Crippen molar-refractivity contribution in [3.63, 3.8) is 0 Å². The second kappa shape index (κ2) is 31.0. The van der Waals surface area contributed by atoms with Gasteiger partial charge in [-0.2, -0.15) is 0 Å². The number of ether oxygens (including phenoxy) is 10. The standard InChI is InChI=1S/C47H70N4O13/c1-55-18-19-56-20-21-57-22-23-58-24-25-59-26-27-60-28-29-61-30-31-62-32-33-63-34-35-64-42(52)17-14-38-12-15-41(16-13-38)44-48-43-45(49-44)50(36-39-8-4-2-5-9-39)47(54)51(46(43)53)37-40-10-6-3-7-11-40/h12-13,15-16,39-40H,2-11,18-37H2,1H3,(H,48,49). The Morgan fingerprint density at radius 1 is 0.594 bits per heavy atom. The molecule has 2 aliphatic carbocycles. The second-order valence-electron chi connectivity index (χ2n) is 16.0. The molecule has 0 unspecified atom stereocenters. The van der Waals surface area contributed by atoms with Crippen molar-refractivity contribution in [2.24, 2.45) is 11.8 Å². The maximum atomic E-state index is 13.9. The minimum Gasteiger partial charge on any atom is -0.454 e. The van der Waals surface area contributed by atoms with Gasteiger partial charge in [-0.05, 0) is 49.7 Å². The fourth-order valence-corrected chi connectivity index (χ4v) is 7.73. The van der Waals surface area contributed by atoms with Crippen molar-refractivity contribution in [1.82, 2.24) is 19.1 Å². The van der Waals surface area contributed by atoms with Crippen molar-refractivity contribution in [2.75, 3.05) is 126 Å². The van der Waals surface area contributed by atoms with Gasteiger partial charge in [0.15, 0.2) is 5.65 Å². The number of nitrogens with one attached hydrogen (secondary N) is 1. The van der Waals surface area contributed by atoms with Gasteiger partial charge in [-0.25, -0.2) is 14.6 Å². The minimum absolute atomic E-state index is 0.0666. The van der Waals surface area contributed by atoms with Crippen molar-refractivity contribution in [2.45, 2.75) is 77.3 Å². The molecule has 0 spiro atoms. The number of carbonyl (C=O) groups is 1. The Kier molecular flexibility index (Phi) is 24.8. The second-order valence-corrected chi connectivity index (χ2v) is 16.0. The van der Waals surface area contributed by atoms with Crippen LogP contribution >= 0.6 is 0 Å². The van der Waals surface area contributed by atoms with E-state index in [4.69, 9.17) is 52.4 Å². The summed E-state index contributed by atoms with van der Waals surface area (Å²) in [5, 5.41) is 0. The molecule has 5 rings (SSSR count). The molecule has 17 heteroatoms. The van der Waals surface area contributed by atoms with Gasteiger partial charge in [0.05, 0.1) is 112 Å². The summed E-state index contributed by atoms with van der Waals surface area (Å²) < 4.78 is 56.9. The summed E-state index contributed by atoms with van der Waals surface area (Å²) in [6.07, 6.45) is 11.3. The van der Waals surface area contributed by atoms with Crippen LogP contribution in [0.3, 0.4) is 0 Å². The lowest BCUT2D eigenvalue weighted by atomic mass is 9.89. The molecular formula is C47H70N4O13. The van der Waals surface area contributed by atoms with Crippen LogP contribution in [0.4, 0.5) is 0 Å². The highest BCUT2D eigenvalue weighted by Gasteiger charge is 2.24. The van der Waals surface area contributed by atoms with Gasteiger partial charge >= 0.3 is 11.7 Å². The van der Waals surface area contributed by atoms with Gasteiger partial charge in [0, 0.05) is 37.2 Å². The number of fused-ring (bicyclic) bond motifs is 1. The predicted octanol–water partition coefficient (Wildman–Crippen LogP) is 4.39. The van der Waals surface area contributed by atoms with E-state index < -0.39 is 5.97 Å². The topological polar surface area (TPSA) is 182 Å². The van der Waals surface area contributed by atoms with Crippen LogP contribution in [-0.2, 0) is 65.3 Å². The first-order chi connectivity index (χ1) is 31.5. The Balaban J connectivity index is 0.893. The van der Waals surface area contributed by atoms with E-state index in [0.29, 0.717) is 153 Å². The van der Waals surface area contributed by atoms with E-state index in [9.17, 15) is 14.4 Å². The zero-order valence-corrected chi connectivity index (χ0v) is 37.8. The molecule has 0 saturated heterocycles. The molecule has 1 aromatic carbocycles. The van der Waals surface area contributed by atoms with Crippen molar-refractivity contribution >= 4 is 17.1 Å². The van der Waals surface area contributed by atoms with Crippen LogP contribution in [0.2, 0.25) is 0 Å². The zero-order valence-electron chi connectivity index (χ0n) is 37.8. The van der Waals surface area contributed by atoms with Crippen molar-refractivity contribution in [3.8, 4) is 23.2 Å². The van der Waals surface area contributed by atoms with Crippen LogP contribution in [0, 0.1) is 23.7 Å². The molecule has 0 aliphatic heterocycles. The summed E-state index contributed by atoms with van der Waals surface area (Å²) >= 11 is 0. The third-order valence-corrected chi connectivity index (χ3v) is 11.2. The van der Waals surface area contributed by atoms with Crippen LogP contribution in [-0.4, -0.2) is 151 Å².